The minimum Gasteiger partial charge on any atom is -0.462 e. The van der Waals surface area contributed by atoms with Crippen LogP contribution in [0.1, 0.15) is 265 Å². The third-order valence-electron chi connectivity index (χ3n) is 13.4. The van der Waals surface area contributed by atoms with Crippen LogP contribution in [0, 0.1) is 0 Å². The number of carbonyl (C=O) groups is 3. The first kappa shape index (κ1) is 77.5. The van der Waals surface area contributed by atoms with Gasteiger partial charge in [-0.05, 0) is 141 Å². The Morgan fingerprint density at radius 1 is 0.241 bits per heavy atom. The second-order valence-corrected chi connectivity index (χ2v) is 21.2. The zero-order valence-electron chi connectivity index (χ0n) is 53.1. The van der Waals surface area contributed by atoms with Gasteiger partial charge in [0.2, 0.25) is 0 Å². The van der Waals surface area contributed by atoms with Crippen molar-refractivity contribution in [3.05, 3.63) is 182 Å². The third-order valence-corrected chi connectivity index (χ3v) is 13.4. The van der Waals surface area contributed by atoms with E-state index in [1.807, 2.05) is 12.2 Å². The quantitative estimate of drug-likeness (QED) is 0.0261. The Balaban J connectivity index is 4.50. The molecule has 1 unspecified atom stereocenters. The summed E-state index contributed by atoms with van der Waals surface area (Å²) < 4.78 is 16.9. The molecule has 0 aromatic rings. The van der Waals surface area contributed by atoms with Gasteiger partial charge in [0.25, 0.3) is 0 Å². The molecule has 6 nitrogen and oxygen atoms in total. The average molecular weight is 1140 g/mol. The van der Waals surface area contributed by atoms with E-state index in [1.165, 1.54) is 70.6 Å². The lowest BCUT2D eigenvalue weighted by Gasteiger charge is -2.18. The van der Waals surface area contributed by atoms with Gasteiger partial charge in [-0.2, -0.15) is 0 Å². The van der Waals surface area contributed by atoms with E-state index in [1.54, 1.807) is 0 Å². The van der Waals surface area contributed by atoms with E-state index in [0.717, 1.165) is 148 Å². The maximum Gasteiger partial charge on any atom is 0.306 e. The molecule has 0 saturated heterocycles. The van der Waals surface area contributed by atoms with Gasteiger partial charge < -0.3 is 14.2 Å². The van der Waals surface area contributed by atoms with E-state index in [2.05, 4.69) is 191 Å². The zero-order chi connectivity index (χ0) is 59.9. The van der Waals surface area contributed by atoms with Gasteiger partial charge in [-0.3, -0.25) is 14.4 Å². The Kier molecular flexibility index (Phi) is 64.4. The van der Waals surface area contributed by atoms with Crippen LogP contribution in [0.25, 0.3) is 0 Å². The number of esters is 3. The largest absolute Gasteiger partial charge is 0.462 e. The van der Waals surface area contributed by atoms with Gasteiger partial charge in [0.1, 0.15) is 13.2 Å². The molecule has 0 aliphatic rings. The van der Waals surface area contributed by atoms with Crippen molar-refractivity contribution in [2.24, 2.45) is 0 Å². The topological polar surface area (TPSA) is 78.9 Å². The first-order valence-corrected chi connectivity index (χ1v) is 33.3. The third kappa shape index (κ3) is 67.2. The Morgan fingerprint density at radius 2 is 0.458 bits per heavy atom. The van der Waals surface area contributed by atoms with Crippen LogP contribution >= 0.6 is 0 Å². The maximum absolute atomic E-state index is 12.9. The summed E-state index contributed by atoms with van der Waals surface area (Å²) in [4.78, 5) is 38.4. The summed E-state index contributed by atoms with van der Waals surface area (Å²) in [7, 11) is 0. The van der Waals surface area contributed by atoms with Crippen LogP contribution < -0.4 is 0 Å². The molecule has 1 atom stereocenters. The van der Waals surface area contributed by atoms with Crippen LogP contribution in [0.2, 0.25) is 0 Å². The predicted octanol–water partition coefficient (Wildman–Crippen LogP) is 23.2. The molecule has 0 aromatic heterocycles. The summed E-state index contributed by atoms with van der Waals surface area (Å²) in [6.45, 7) is 6.22. The van der Waals surface area contributed by atoms with Crippen molar-refractivity contribution in [3.63, 3.8) is 0 Å². The molecule has 6 heteroatoms. The molecule has 0 aliphatic heterocycles. The van der Waals surface area contributed by atoms with E-state index >= 15 is 0 Å². The van der Waals surface area contributed by atoms with E-state index in [-0.39, 0.29) is 31.6 Å². The van der Waals surface area contributed by atoms with E-state index in [9.17, 15) is 14.4 Å². The van der Waals surface area contributed by atoms with Crippen molar-refractivity contribution in [2.75, 3.05) is 13.2 Å². The number of ether oxygens (including phenoxy) is 3. The molecule has 0 radical (unpaired) electrons. The molecule has 83 heavy (non-hydrogen) atoms. The highest BCUT2D eigenvalue weighted by molar-refractivity contribution is 5.71. The number of unbranched alkanes of at least 4 members (excludes halogenated alkanes) is 17. The summed E-state index contributed by atoms with van der Waals surface area (Å²) >= 11 is 0. The van der Waals surface area contributed by atoms with Gasteiger partial charge in [0, 0.05) is 19.3 Å². The summed E-state index contributed by atoms with van der Waals surface area (Å²) in [5.74, 6) is -1.03. The van der Waals surface area contributed by atoms with Crippen LogP contribution in [0.3, 0.4) is 0 Å². The molecule has 0 heterocycles. The van der Waals surface area contributed by atoms with Gasteiger partial charge in [-0.1, -0.05) is 287 Å². The fourth-order valence-electron chi connectivity index (χ4n) is 8.55. The molecule has 0 saturated carbocycles. The lowest BCUT2D eigenvalue weighted by Crippen LogP contribution is -2.30. The minimum absolute atomic E-state index is 0.123. The van der Waals surface area contributed by atoms with Crippen LogP contribution in [0.5, 0.6) is 0 Å². The summed E-state index contributed by atoms with van der Waals surface area (Å²) in [6, 6.07) is 0. The molecule has 0 N–H and O–H groups in total. The molecule has 0 amide bonds. The van der Waals surface area contributed by atoms with Crippen molar-refractivity contribution in [2.45, 2.75) is 271 Å². The SMILES string of the molecule is CC/C=C\C/C=C\C/C=C\C/C=C\C/C=C\C/C=C\CCC(=O)OC(COC(=O)CCCCCCCC/C=C\C/C=C\C/C=C\C/C=C\CC)COC(=O)CCCCCCCCCCCCC/C=C\C/C=C\C/C=C\C/C=C\C/C=C\CC. The number of hydrogen-bond acceptors (Lipinski definition) is 6. The lowest BCUT2D eigenvalue weighted by molar-refractivity contribution is -0.166. The highest BCUT2D eigenvalue weighted by atomic mass is 16.6. The predicted molar refractivity (Wildman–Crippen MR) is 361 cm³/mol. The number of carbonyl (C=O) groups excluding carboxylic acids is 3. The van der Waals surface area contributed by atoms with Crippen molar-refractivity contribution in [3.8, 4) is 0 Å². The molecule has 0 rings (SSSR count). The monoisotopic (exact) mass is 1140 g/mol. The van der Waals surface area contributed by atoms with Crippen LogP contribution in [0.15, 0.2) is 182 Å². The number of hydrogen-bond donors (Lipinski definition) is 0. The summed E-state index contributed by atoms with van der Waals surface area (Å²) in [5, 5.41) is 0. The average Bonchev–Trinajstić information content (AvgIpc) is 3.50. The Labute approximate surface area is 510 Å². The van der Waals surface area contributed by atoms with Crippen LogP contribution in [0.4, 0.5) is 0 Å². The second-order valence-electron chi connectivity index (χ2n) is 21.2. The molecule has 0 aliphatic carbocycles. The van der Waals surface area contributed by atoms with Crippen LogP contribution in [-0.2, 0) is 28.6 Å². The summed E-state index contributed by atoms with van der Waals surface area (Å²) in [5.41, 5.74) is 0. The smallest absolute Gasteiger partial charge is 0.306 e. The fourth-order valence-corrected chi connectivity index (χ4v) is 8.55. The van der Waals surface area contributed by atoms with E-state index in [0.29, 0.717) is 19.3 Å². The van der Waals surface area contributed by atoms with Gasteiger partial charge in [-0.15, -0.1) is 0 Å². The number of allylic oxidation sites excluding steroid dienone is 30. The normalized spacial score (nSPS) is 13.3. The Morgan fingerprint density at radius 3 is 0.723 bits per heavy atom. The summed E-state index contributed by atoms with van der Waals surface area (Å²) in [6.07, 6.45) is 103. The Hall–Kier alpha value is -5.49. The van der Waals surface area contributed by atoms with Gasteiger partial charge >= 0.3 is 17.9 Å². The molecule has 464 valence electrons. The van der Waals surface area contributed by atoms with E-state index in [4.69, 9.17) is 14.2 Å². The minimum atomic E-state index is -0.838. The molecular formula is C77H120O6. The van der Waals surface area contributed by atoms with Crippen molar-refractivity contribution < 1.29 is 28.6 Å². The lowest BCUT2D eigenvalue weighted by atomic mass is 10.0. The molecule has 0 spiro atoms. The van der Waals surface area contributed by atoms with Crippen LogP contribution in [-0.4, -0.2) is 37.2 Å². The van der Waals surface area contributed by atoms with Crippen molar-refractivity contribution >= 4 is 17.9 Å². The molecule has 0 bridgehead atoms. The fraction of sp³-hybridized carbons (Fsp3) is 0.571. The molecule has 0 fully saturated rings. The van der Waals surface area contributed by atoms with Crippen molar-refractivity contribution in [1.82, 2.24) is 0 Å². The van der Waals surface area contributed by atoms with Crippen molar-refractivity contribution in [1.29, 1.82) is 0 Å². The first-order chi connectivity index (χ1) is 41.0. The Bertz CT molecular complexity index is 1940. The van der Waals surface area contributed by atoms with E-state index < -0.39 is 12.1 Å². The van der Waals surface area contributed by atoms with Gasteiger partial charge in [0.05, 0.1) is 0 Å². The molecule has 0 aromatic carbocycles. The second kappa shape index (κ2) is 69.0. The first-order valence-electron chi connectivity index (χ1n) is 33.3. The van der Waals surface area contributed by atoms with Gasteiger partial charge in [0.15, 0.2) is 6.10 Å². The standard InChI is InChI=1S/C77H120O6/c1-4-7-10-13-16-19-22-25-28-31-34-35-36-37-38-39-40-41-44-46-49-52-55-58-61-64-67-70-76(79)82-73-74(83-77(80)71-68-65-62-59-56-53-50-47-43-33-30-27-24-21-18-15-12-9-6-3)72-81-75(78)69-66-63-60-57-54-51-48-45-42-32-29-26-23-20-17-14-11-8-5-2/h7-12,16-21,25-30,34-35,37-38,42-43,45,47,53,56,62,65,74H,4-6,13-15,22-24,31-33,36,39-41,44,46,48-52,54-55,57-61,63-64,66-73H2,1-3H3/b10-7-,11-8-,12-9-,19-16-,20-17-,21-18-,28-25-,29-26-,30-27-,35-34-,38-37-,45-42-,47-43-,56-53-,65-62-. The zero-order valence-corrected chi connectivity index (χ0v) is 53.1. The molecular weight excluding hydrogens is 1020 g/mol. The highest BCUT2D eigenvalue weighted by Gasteiger charge is 2.19. The number of rotatable bonds is 58. The van der Waals surface area contributed by atoms with Gasteiger partial charge in [-0.25, -0.2) is 0 Å². The highest BCUT2D eigenvalue weighted by Crippen LogP contribution is 2.15. The maximum atomic E-state index is 12.9.